The average molecular weight is 340 g/mol. The van der Waals surface area contributed by atoms with Crippen molar-refractivity contribution in [2.24, 2.45) is 0 Å². The molecule has 1 fully saturated rings. The van der Waals surface area contributed by atoms with Crippen molar-refractivity contribution < 1.29 is 9.53 Å². The van der Waals surface area contributed by atoms with Crippen LogP contribution in [-0.4, -0.2) is 59.5 Å². The molecule has 1 saturated heterocycles. The van der Waals surface area contributed by atoms with Crippen LogP contribution >= 0.6 is 0 Å². The second kappa shape index (κ2) is 7.37. The third kappa shape index (κ3) is 3.75. The summed E-state index contributed by atoms with van der Waals surface area (Å²) in [4.78, 5) is 16.9. The van der Waals surface area contributed by atoms with E-state index in [1.807, 2.05) is 34.0 Å². The molecule has 0 radical (unpaired) electrons. The summed E-state index contributed by atoms with van der Waals surface area (Å²) in [5, 5.41) is 4.24. The molecule has 0 spiro atoms. The zero-order chi connectivity index (χ0) is 17.1. The van der Waals surface area contributed by atoms with Gasteiger partial charge in [0.2, 0.25) is 5.91 Å². The highest BCUT2D eigenvalue weighted by Gasteiger charge is 2.26. The Morgan fingerprint density at radius 1 is 1.24 bits per heavy atom. The van der Waals surface area contributed by atoms with Crippen LogP contribution < -0.4 is 4.90 Å². The minimum absolute atomic E-state index is 0.135. The predicted octanol–water partition coefficient (Wildman–Crippen LogP) is 1.56. The molecular weight excluding hydrogens is 316 g/mol. The van der Waals surface area contributed by atoms with Crippen molar-refractivity contribution in [2.75, 3.05) is 37.7 Å². The minimum Gasteiger partial charge on any atom is -0.374 e. The summed E-state index contributed by atoms with van der Waals surface area (Å²) in [6.07, 6.45) is 5.40. The summed E-state index contributed by atoms with van der Waals surface area (Å²) in [5.74, 6) is 0.222. The van der Waals surface area contributed by atoms with E-state index < -0.39 is 0 Å². The number of benzene rings is 1. The lowest BCUT2D eigenvalue weighted by Gasteiger charge is -2.33. The number of nitrogens with zero attached hydrogens (tertiary/aromatic N) is 4. The Bertz CT molecular complexity index is 716. The average Bonchev–Trinajstić information content (AvgIpc) is 3.29. The van der Waals surface area contributed by atoms with Gasteiger partial charge in [-0.1, -0.05) is 18.2 Å². The van der Waals surface area contributed by atoms with Gasteiger partial charge in [0.05, 0.1) is 19.3 Å². The van der Waals surface area contributed by atoms with Gasteiger partial charge >= 0.3 is 0 Å². The van der Waals surface area contributed by atoms with Crippen molar-refractivity contribution >= 4 is 11.6 Å². The minimum atomic E-state index is 0.135. The lowest BCUT2D eigenvalue weighted by molar-refractivity contribution is -0.119. The number of morpholine rings is 1. The van der Waals surface area contributed by atoms with Crippen LogP contribution in [0.5, 0.6) is 0 Å². The van der Waals surface area contributed by atoms with Crippen LogP contribution in [-0.2, 0) is 22.5 Å². The van der Waals surface area contributed by atoms with Crippen LogP contribution in [0, 0.1) is 0 Å². The highest BCUT2D eigenvalue weighted by Crippen LogP contribution is 2.27. The first-order valence-corrected chi connectivity index (χ1v) is 8.99. The number of anilines is 1. The first-order chi connectivity index (χ1) is 12.3. The maximum absolute atomic E-state index is 12.6. The van der Waals surface area contributed by atoms with Gasteiger partial charge < -0.3 is 9.64 Å². The van der Waals surface area contributed by atoms with Gasteiger partial charge in [-0.05, 0) is 24.1 Å². The maximum atomic E-state index is 12.6. The van der Waals surface area contributed by atoms with E-state index in [0.29, 0.717) is 13.0 Å². The Hall–Kier alpha value is -2.18. The summed E-state index contributed by atoms with van der Waals surface area (Å²) in [7, 11) is 0. The Morgan fingerprint density at radius 3 is 3.04 bits per heavy atom. The molecule has 0 N–H and O–H groups in total. The summed E-state index contributed by atoms with van der Waals surface area (Å²) in [6.45, 7) is 4.81. The van der Waals surface area contributed by atoms with E-state index in [9.17, 15) is 4.79 Å². The van der Waals surface area contributed by atoms with Crippen LogP contribution in [0.15, 0.2) is 42.7 Å². The lowest BCUT2D eigenvalue weighted by atomic mass is 10.2. The second-order valence-electron chi connectivity index (χ2n) is 6.70. The van der Waals surface area contributed by atoms with E-state index in [2.05, 4.69) is 22.1 Å². The highest BCUT2D eigenvalue weighted by molar-refractivity contribution is 5.95. The van der Waals surface area contributed by atoms with Gasteiger partial charge in [-0.25, -0.2) is 0 Å². The number of amides is 1. The van der Waals surface area contributed by atoms with Crippen LogP contribution in [0.1, 0.15) is 12.0 Å². The molecule has 6 heteroatoms. The Morgan fingerprint density at radius 2 is 2.16 bits per heavy atom. The highest BCUT2D eigenvalue weighted by atomic mass is 16.5. The number of para-hydroxylation sites is 1. The summed E-state index contributed by atoms with van der Waals surface area (Å²) < 4.78 is 7.74. The first-order valence-electron chi connectivity index (χ1n) is 8.99. The molecule has 1 atom stereocenters. The molecule has 6 nitrogen and oxygen atoms in total. The third-order valence-electron chi connectivity index (χ3n) is 5.00. The van der Waals surface area contributed by atoms with E-state index >= 15 is 0 Å². The van der Waals surface area contributed by atoms with Gasteiger partial charge in [0.1, 0.15) is 0 Å². The van der Waals surface area contributed by atoms with Crippen LogP contribution in [0.2, 0.25) is 0 Å². The predicted molar refractivity (Wildman–Crippen MR) is 95.5 cm³/mol. The molecule has 4 rings (SSSR count). The number of rotatable bonds is 5. The fraction of sp³-hybridized carbons (Fsp3) is 0.474. The van der Waals surface area contributed by atoms with Crippen molar-refractivity contribution in [1.82, 2.24) is 14.7 Å². The molecule has 2 aliphatic rings. The Kier molecular flexibility index (Phi) is 4.81. The normalized spacial score (nSPS) is 20.6. The molecule has 132 valence electrons. The van der Waals surface area contributed by atoms with E-state index in [1.54, 1.807) is 6.20 Å². The molecule has 0 bridgehead atoms. The number of hydrogen-bond acceptors (Lipinski definition) is 4. The smallest absolute Gasteiger partial charge is 0.228 e. The van der Waals surface area contributed by atoms with E-state index in [0.717, 1.165) is 44.8 Å². The second-order valence-corrected chi connectivity index (χ2v) is 6.70. The molecule has 25 heavy (non-hydrogen) atoms. The van der Waals surface area contributed by atoms with E-state index in [-0.39, 0.29) is 12.0 Å². The molecule has 3 heterocycles. The molecule has 1 amide bonds. The van der Waals surface area contributed by atoms with Gasteiger partial charge in [0.25, 0.3) is 0 Å². The Labute approximate surface area is 148 Å². The van der Waals surface area contributed by atoms with Crippen molar-refractivity contribution in [3.05, 3.63) is 48.3 Å². The standard InChI is InChI=1S/C19H24N4O2/c24-19(23-11-6-16-4-1-2-5-18(16)23)7-10-21-12-13-25-17(14-21)15-22-9-3-8-20-22/h1-5,8-9,17H,6-7,10-15H2/t17-/m1/s1. The zero-order valence-corrected chi connectivity index (χ0v) is 14.4. The molecule has 1 aromatic carbocycles. The number of aromatic nitrogens is 2. The van der Waals surface area contributed by atoms with Gasteiger partial charge in [-0.3, -0.25) is 14.4 Å². The van der Waals surface area contributed by atoms with Gasteiger partial charge in [0, 0.05) is 50.7 Å². The van der Waals surface area contributed by atoms with Crippen LogP contribution in [0.3, 0.4) is 0 Å². The fourth-order valence-electron chi connectivity index (χ4n) is 3.70. The largest absolute Gasteiger partial charge is 0.374 e. The maximum Gasteiger partial charge on any atom is 0.228 e. The monoisotopic (exact) mass is 340 g/mol. The number of fused-ring (bicyclic) bond motifs is 1. The number of carbonyl (C=O) groups excluding carboxylic acids is 1. The summed E-state index contributed by atoms with van der Waals surface area (Å²) in [6, 6.07) is 10.1. The number of carbonyl (C=O) groups is 1. The van der Waals surface area contributed by atoms with Crippen LogP contribution in [0.25, 0.3) is 0 Å². The SMILES string of the molecule is O=C(CCN1CCO[C@@H](Cn2cccn2)C1)N1CCc2ccccc21. The zero-order valence-electron chi connectivity index (χ0n) is 14.4. The molecule has 0 unspecified atom stereocenters. The van der Waals surface area contributed by atoms with Gasteiger partial charge in [0.15, 0.2) is 0 Å². The van der Waals surface area contributed by atoms with Crippen LogP contribution in [0.4, 0.5) is 5.69 Å². The third-order valence-corrected chi connectivity index (χ3v) is 5.00. The number of hydrogen-bond donors (Lipinski definition) is 0. The molecule has 2 aromatic rings. The molecule has 0 saturated carbocycles. The fourth-order valence-corrected chi connectivity index (χ4v) is 3.70. The van der Waals surface area contributed by atoms with E-state index in [1.165, 1.54) is 5.56 Å². The summed E-state index contributed by atoms with van der Waals surface area (Å²) >= 11 is 0. The Balaban J connectivity index is 1.29. The topological polar surface area (TPSA) is 50.6 Å². The van der Waals surface area contributed by atoms with Gasteiger partial charge in [-0.15, -0.1) is 0 Å². The lowest BCUT2D eigenvalue weighted by Crippen LogP contribution is -2.45. The molecule has 1 aromatic heterocycles. The molecule has 2 aliphatic heterocycles. The van der Waals surface area contributed by atoms with Crippen molar-refractivity contribution in [1.29, 1.82) is 0 Å². The first kappa shape index (κ1) is 16.3. The van der Waals surface area contributed by atoms with Crippen molar-refractivity contribution in [3.63, 3.8) is 0 Å². The van der Waals surface area contributed by atoms with Gasteiger partial charge in [-0.2, -0.15) is 5.10 Å². The quantitative estimate of drug-likeness (QED) is 0.829. The number of ether oxygens (including phenoxy) is 1. The van der Waals surface area contributed by atoms with Crippen molar-refractivity contribution in [3.8, 4) is 0 Å². The molecular formula is C19H24N4O2. The van der Waals surface area contributed by atoms with E-state index in [4.69, 9.17) is 4.74 Å². The summed E-state index contributed by atoms with van der Waals surface area (Å²) in [5.41, 5.74) is 2.37. The molecule has 0 aliphatic carbocycles. The van der Waals surface area contributed by atoms with Crippen molar-refractivity contribution in [2.45, 2.75) is 25.5 Å².